The van der Waals surface area contributed by atoms with Crippen LogP contribution in [-0.2, 0) is 0 Å². The normalized spacial score (nSPS) is 15.4. The van der Waals surface area contributed by atoms with Crippen molar-refractivity contribution >= 4 is 30.3 Å². The topological polar surface area (TPSA) is 0 Å². The molecule has 1 aliphatic carbocycles. The predicted molar refractivity (Wildman–Crippen MR) is 109 cm³/mol. The quantitative estimate of drug-likeness (QED) is 0.651. The van der Waals surface area contributed by atoms with Gasteiger partial charge in [0.15, 0.2) is 0 Å². The van der Waals surface area contributed by atoms with Gasteiger partial charge in [-0.1, -0.05) is 48.6 Å². The summed E-state index contributed by atoms with van der Waals surface area (Å²) < 4.78 is 0. The molecule has 0 radical (unpaired) electrons. The molecular weight excluding hydrogens is 315 g/mol. The van der Waals surface area contributed by atoms with Crippen LogP contribution in [0.4, 0.5) is 0 Å². The molecule has 0 saturated carbocycles. The maximum absolute atomic E-state index is 2.44. The fourth-order valence-corrected chi connectivity index (χ4v) is 7.08. The maximum Gasteiger partial charge on any atom is 0.0969 e. The Bertz CT molecular complexity index is 649. The minimum Gasteiger partial charge on any atom is -0.130 e. The van der Waals surface area contributed by atoms with E-state index in [-0.39, 0.29) is 0 Å². The van der Waals surface area contributed by atoms with E-state index in [0.29, 0.717) is 5.66 Å². The average Bonchev–Trinajstić information content (AvgIpc) is 3.04. The highest BCUT2D eigenvalue weighted by molar-refractivity contribution is 8.02. The monoisotopic (exact) mass is 339 g/mol. The molecule has 1 atom stereocenters. The number of benzene rings is 2. The Morgan fingerprint density at radius 3 is 2.04 bits per heavy atom. The maximum atomic E-state index is 2.44. The summed E-state index contributed by atoms with van der Waals surface area (Å²) in [6.45, 7) is 2.44. The van der Waals surface area contributed by atoms with Crippen molar-refractivity contribution in [2.45, 2.75) is 25.4 Å². The van der Waals surface area contributed by atoms with E-state index in [1.807, 2.05) is 11.8 Å². The summed E-state index contributed by atoms with van der Waals surface area (Å²) in [6, 6.07) is 22.2. The van der Waals surface area contributed by atoms with Crippen LogP contribution < -0.4 is 10.6 Å². The minimum absolute atomic E-state index is 0.682. The molecule has 23 heavy (non-hydrogen) atoms. The molecule has 0 nitrogen and oxygen atoms in total. The van der Waals surface area contributed by atoms with E-state index in [2.05, 4.69) is 86.0 Å². The van der Waals surface area contributed by atoms with Gasteiger partial charge in [-0.2, -0.15) is 0 Å². The molecule has 0 heterocycles. The van der Waals surface area contributed by atoms with Crippen LogP contribution in [-0.4, -0.2) is 11.9 Å². The van der Waals surface area contributed by atoms with Crippen LogP contribution in [0.2, 0.25) is 0 Å². The first-order valence-electron chi connectivity index (χ1n) is 8.20. The Labute approximate surface area is 145 Å². The highest BCUT2D eigenvalue weighted by Gasteiger charge is 2.30. The van der Waals surface area contributed by atoms with Gasteiger partial charge in [-0.15, -0.1) is 11.8 Å². The molecule has 3 rings (SSSR count). The third-order valence-electron chi connectivity index (χ3n) is 4.42. The molecule has 0 aliphatic heterocycles. The summed E-state index contributed by atoms with van der Waals surface area (Å²) >= 11 is 1.89. The van der Waals surface area contributed by atoms with Gasteiger partial charge in [0.25, 0.3) is 0 Å². The van der Waals surface area contributed by atoms with Gasteiger partial charge in [-0.05, 0) is 49.4 Å². The fraction of sp³-hybridized carbons (Fsp3) is 0.238. The minimum atomic E-state index is -0.767. The number of hydrogen-bond acceptors (Lipinski definition) is 1. The molecule has 0 amide bonds. The summed E-state index contributed by atoms with van der Waals surface area (Å²) in [4.78, 5) is 1.49. The Morgan fingerprint density at radius 1 is 0.957 bits per heavy atom. The van der Waals surface area contributed by atoms with Crippen molar-refractivity contribution < 1.29 is 0 Å². The third-order valence-corrected chi connectivity index (χ3v) is 8.38. The lowest BCUT2D eigenvalue weighted by atomic mass is 10.1. The zero-order valence-electron chi connectivity index (χ0n) is 13.8. The van der Waals surface area contributed by atoms with Gasteiger partial charge in [-0.3, -0.25) is 0 Å². The summed E-state index contributed by atoms with van der Waals surface area (Å²) in [7, 11) is -0.767. The first kappa shape index (κ1) is 16.6. The Kier molecular flexibility index (Phi) is 5.75. The molecular formula is C21H24PS+. The van der Waals surface area contributed by atoms with Gasteiger partial charge in [0.05, 0.1) is 24.2 Å². The second-order valence-electron chi connectivity index (χ2n) is 6.03. The predicted octanol–water partition coefficient (Wildman–Crippen LogP) is 5.21. The molecule has 0 N–H and O–H groups in total. The van der Waals surface area contributed by atoms with Gasteiger partial charge >= 0.3 is 0 Å². The Hall–Kier alpha value is -1.30. The van der Waals surface area contributed by atoms with Crippen molar-refractivity contribution in [1.29, 1.82) is 0 Å². The van der Waals surface area contributed by atoms with Crippen molar-refractivity contribution in [3.05, 3.63) is 83.3 Å². The molecule has 0 aromatic heterocycles. The Morgan fingerprint density at radius 2 is 1.52 bits per heavy atom. The first-order chi connectivity index (χ1) is 11.3. The average molecular weight is 339 g/mol. The molecule has 0 saturated heterocycles. The van der Waals surface area contributed by atoms with Gasteiger partial charge in [0, 0.05) is 11.3 Å². The van der Waals surface area contributed by atoms with Gasteiger partial charge in [0.1, 0.15) is 0 Å². The lowest BCUT2D eigenvalue weighted by molar-refractivity contribution is 0.897. The summed E-state index contributed by atoms with van der Waals surface area (Å²) in [6.07, 6.45) is 9.14. The smallest absolute Gasteiger partial charge is 0.0969 e. The van der Waals surface area contributed by atoms with Gasteiger partial charge in [-0.25, -0.2) is 0 Å². The van der Waals surface area contributed by atoms with Crippen LogP contribution in [0.3, 0.4) is 0 Å². The SMILES string of the molecule is CSC1=C(CC(C)[PH+](c2ccccc2)c2ccccc2)CC=C1. The molecule has 1 aliphatic rings. The summed E-state index contributed by atoms with van der Waals surface area (Å²) in [5.74, 6) is 0. The number of thioether (sulfide) groups is 1. The lowest BCUT2D eigenvalue weighted by Crippen LogP contribution is -2.20. The van der Waals surface area contributed by atoms with Crippen molar-refractivity contribution in [2.75, 3.05) is 6.26 Å². The van der Waals surface area contributed by atoms with E-state index >= 15 is 0 Å². The number of hydrogen-bond donors (Lipinski definition) is 0. The van der Waals surface area contributed by atoms with Crippen LogP contribution in [0.15, 0.2) is 83.3 Å². The highest BCUT2D eigenvalue weighted by atomic mass is 32.2. The van der Waals surface area contributed by atoms with E-state index in [9.17, 15) is 0 Å². The molecule has 0 spiro atoms. The molecule has 118 valence electrons. The van der Waals surface area contributed by atoms with Gasteiger partial charge < -0.3 is 0 Å². The third kappa shape index (κ3) is 3.97. The number of rotatable bonds is 6. The zero-order chi connectivity index (χ0) is 16.1. The van der Waals surface area contributed by atoms with Crippen LogP contribution >= 0.6 is 19.7 Å². The standard InChI is InChI=1S/C21H23PS/c1-17(16-18-10-9-15-21(18)23-2)22(19-11-5-3-6-12-19)20-13-7-4-8-14-20/h3-9,11-15,17H,10,16H2,1-2H3/p+1. The van der Waals surface area contributed by atoms with Crippen molar-refractivity contribution in [2.24, 2.45) is 0 Å². The van der Waals surface area contributed by atoms with Crippen molar-refractivity contribution in [1.82, 2.24) is 0 Å². The van der Waals surface area contributed by atoms with E-state index in [0.717, 1.165) is 6.42 Å². The molecule has 2 heteroatoms. The second-order valence-corrected chi connectivity index (χ2v) is 9.85. The van der Waals surface area contributed by atoms with E-state index in [1.54, 1.807) is 5.57 Å². The summed E-state index contributed by atoms with van der Waals surface area (Å²) in [5, 5.41) is 3.04. The lowest BCUT2D eigenvalue weighted by Gasteiger charge is -2.19. The molecule has 0 fully saturated rings. The molecule has 1 unspecified atom stereocenters. The van der Waals surface area contributed by atoms with Crippen molar-refractivity contribution in [3.8, 4) is 0 Å². The summed E-state index contributed by atoms with van der Waals surface area (Å²) in [5.41, 5.74) is 2.31. The molecule has 2 aromatic rings. The van der Waals surface area contributed by atoms with Gasteiger partial charge in [0.2, 0.25) is 0 Å². The molecule has 0 bridgehead atoms. The Balaban J connectivity index is 1.90. The van der Waals surface area contributed by atoms with E-state index in [4.69, 9.17) is 0 Å². The van der Waals surface area contributed by atoms with Crippen LogP contribution in [0.25, 0.3) is 0 Å². The molecule has 2 aromatic carbocycles. The number of allylic oxidation sites excluding steroid dienone is 3. The van der Waals surface area contributed by atoms with Crippen LogP contribution in [0.1, 0.15) is 19.8 Å². The van der Waals surface area contributed by atoms with Crippen LogP contribution in [0.5, 0.6) is 0 Å². The van der Waals surface area contributed by atoms with Crippen LogP contribution in [0, 0.1) is 0 Å². The highest BCUT2D eigenvalue weighted by Crippen LogP contribution is 2.44. The van der Waals surface area contributed by atoms with Crippen molar-refractivity contribution in [3.63, 3.8) is 0 Å². The first-order valence-corrected chi connectivity index (χ1v) is 11.0. The largest absolute Gasteiger partial charge is 0.130 e. The van der Waals surface area contributed by atoms with E-state index in [1.165, 1.54) is 21.9 Å². The second kappa shape index (κ2) is 7.99. The van der Waals surface area contributed by atoms with E-state index < -0.39 is 7.92 Å². The fourth-order valence-electron chi connectivity index (χ4n) is 3.37. The zero-order valence-corrected chi connectivity index (χ0v) is 15.6.